The molecule has 0 bridgehead atoms. The molecule has 19 heavy (non-hydrogen) atoms. The molecule has 0 aliphatic carbocycles. The van der Waals surface area contributed by atoms with Gasteiger partial charge in [0, 0.05) is 13.1 Å². The van der Waals surface area contributed by atoms with Crippen molar-refractivity contribution in [2.45, 2.75) is 32.4 Å². The largest absolute Gasteiger partial charge is 0.283 e. The smallest absolute Gasteiger partial charge is 0.262 e. The van der Waals surface area contributed by atoms with Crippen LogP contribution in [0.25, 0.3) is 0 Å². The van der Waals surface area contributed by atoms with Crippen molar-refractivity contribution in [3.05, 3.63) is 35.4 Å². The second-order valence-corrected chi connectivity index (χ2v) is 5.25. The molecule has 1 unspecified atom stereocenters. The van der Waals surface area contributed by atoms with Crippen molar-refractivity contribution in [3.8, 4) is 0 Å². The van der Waals surface area contributed by atoms with Crippen LogP contribution in [0.1, 0.15) is 46.9 Å². The normalized spacial score (nSPS) is 21.6. The molecule has 1 saturated heterocycles. The number of likely N-dealkylation sites (tertiary alicyclic amines) is 1. The monoisotopic (exact) mass is 258 g/mol. The van der Waals surface area contributed by atoms with Crippen LogP contribution < -0.4 is 0 Å². The van der Waals surface area contributed by atoms with Crippen LogP contribution in [0.4, 0.5) is 0 Å². The van der Waals surface area contributed by atoms with Crippen LogP contribution >= 0.6 is 0 Å². The lowest BCUT2D eigenvalue weighted by Gasteiger charge is -2.36. The lowest BCUT2D eigenvalue weighted by molar-refractivity contribution is 0.0306. The van der Waals surface area contributed by atoms with E-state index < -0.39 is 0 Å². The molecule has 2 amide bonds. The highest BCUT2D eigenvalue weighted by Gasteiger charge is 2.40. The highest BCUT2D eigenvalue weighted by Crippen LogP contribution is 2.26. The average molecular weight is 258 g/mol. The van der Waals surface area contributed by atoms with Gasteiger partial charge < -0.3 is 0 Å². The molecule has 2 aliphatic rings. The zero-order valence-corrected chi connectivity index (χ0v) is 11.1. The summed E-state index contributed by atoms with van der Waals surface area (Å²) in [5, 5.41) is 0. The highest BCUT2D eigenvalue weighted by molar-refractivity contribution is 6.21. The number of piperidine rings is 1. The first-order valence-corrected chi connectivity index (χ1v) is 6.91. The molecule has 4 heteroatoms. The number of amides is 2. The molecule has 1 fully saturated rings. The number of hydrogen-bond acceptors (Lipinski definition) is 3. The molecule has 2 aliphatic heterocycles. The minimum atomic E-state index is -0.154. The van der Waals surface area contributed by atoms with Gasteiger partial charge in [0.2, 0.25) is 0 Å². The average Bonchev–Trinajstić information content (AvgIpc) is 2.72. The van der Waals surface area contributed by atoms with E-state index >= 15 is 0 Å². The van der Waals surface area contributed by atoms with Crippen LogP contribution in [0.15, 0.2) is 24.3 Å². The van der Waals surface area contributed by atoms with Crippen molar-refractivity contribution in [2.75, 3.05) is 13.1 Å². The zero-order valence-electron chi connectivity index (χ0n) is 11.1. The fourth-order valence-corrected chi connectivity index (χ4v) is 3.00. The van der Waals surface area contributed by atoms with Gasteiger partial charge in [-0.05, 0) is 31.9 Å². The van der Waals surface area contributed by atoms with E-state index in [0.29, 0.717) is 11.1 Å². The first-order chi connectivity index (χ1) is 9.20. The Bertz CT molecular complexity index is 486. The summed E-state index contributed by atoms with van der Waals surface area (Å²) in [6.07, 6.45) is 3.39. The van der Waals surface area contributed by atoms with Gasteiger partial charge in [-0.15, -0.1) is 0 Å². The molecule has 0 spiro atoms. The van der Waals surface area contributed by atoms with E-state index in [9.17, 15) is 9.59 Å². The number of carbonyl (C=O) groups is 2. The van der Waals surface area contributed by atoms with Gasteiger partial charge in [-0.1, -0.05) is 18.6 Å². The van der Waals surface area contributed by atoms with Gasteiger partial charge in [0.1, 0.15) is 0 Å². The van der Waals surface area contributed by atoms with Crippen molar-refractivity contribution in [3.63, 3.8) is 0 Å². The second kappa shape index (κ2) is 4.78. The summed E-state index contributed by atoms with van der Waals surface area (Å²) in [7, 11) is 0. The Kier molecular flexibility index (Phi) is 3.11. The van der Waals surface area contributed by atoms with Crippen LogP contribution in [0, 0.1) is 0 Å². The molecule has 1 atom stereocenters. The van der Waals surface area contributed by atoms with Gasteiger partial charge in [0.25, 0.3) is 11.8 Å². The molecule has 100 valence electrons. The first kappa shape index (κ1) is 12.4. The Morgan fingerprint density at radius 1 is 0.947 bits per heavy atom. The topological polar surface area (TPSA) is 40.6 Å². The number of imide groups is 1. The SMILES string of the molecule is CC(N1CCCCC1)N1C(=O)c2ccccc2C1=O. The maximum Gasteiger partial charge on any atom is 0.262 e. The van der Waals surface area contributed by atoms with E-state index in [4.69, 9.17) is 0 Å². The summed E-state index contributed by atoms with van der Waals surface area (Å²) in [4.78, 5) is 28.4. The lowest BCUT2D eigenvalue weighted by atomic mass is 10.1. The first-order valence-electron chi connectivity index (χ1n) is 6.91. The molecule has 2 heterocycles. The van der Waals surface area contributed by atoms with Gasteiger partial charge in [-0.25, -0.2) is 0 Å². The third-order valence-corrected chi connectivity index (χ3v) is 4.12. The lowest BCUT2D eigenvalue weighted by Crippen LogP contribution is -2.50. The van der Waals surface area contributed by atoms with E-state index in [-0.39, 0.29) is 18.0 Å². The quantitative estimate of drug-likeness (QED) is 0.763. The fourth-order valence-electron chi connectivity index (χ4n) is 3.00. The number of benzene rings is 1. The molecule has 0 radical (unpaired) electrons. The number of hydrogen-bond donors (Lipinski definition) is 0. The number of nitrogens with zero attached hydrogens (tertiary/aromatic N) is 2. The molecule has 0 N–H and O–H groups in total. The highest BCUT2D eigenvalue weighted by atomic mass is 16.2. The van der Waals surface area contributed by atoms with E-state index in [2.05, 4.69) is 4.90 Å². The summed E-state index contributed by atoms with van der Waals surface area (Å²) in [6, 6.07) is 7.08. The van der Waals surface area contributed by atoms with Gasteiger partial charge in [0.15, 0.2) is 0 Å². The van der Waals surface area contributed by atoms with Crippen LogP contribution in [-0.4, -0.2) is 40.9 Å². The third kappa shape index (κ3) is 1.96. The molecule has 0 aromatic heterocycles. The summed E-state index contributed by atoms with van der Waals surface area (Å²) < 4.78 is 0. The maximum atomic E-state index is 12.4. The Hall–Kier alpha value is -1.68. The van der Waals surface area contributed by atoms with E-state index in [0.717, 1.165) is 25.9 Å². The van der Waals surface area contributed by atoms with Crippen LogP contribution in [0.3, 0.4) is 0 Å². The molecular formula is C15H18N2O2. The fraction of sp³-hybridized carbons (Fsp3) is 0.467. The summed E-state index contributed by atoms with van der Waals surface area (Å²) >= 11 is 0. The van der Waals surface area contributed by atoms with E-state index in [1.54, 1.807) is 24.3 Å². The van der Waals surface area contributed by atoms with Gasteiger partial charge in [0.05, 0.1) is 17.3 Å². The Morgan fingerprint density at radius 2 is 1.47 bits per heavy atom. The second-order valence-electron chi connectivity index (χ2n) is 5.25. The predicted molar refractivity (Wildman–Crippen MR) is 71.8 cm³/mol. The third-order valence-electron chi connectivity index (χ3n) is 4.12. The number of carbonyl (C=O) groups excluding carboxylic acids is 2. The summed E-state index contributed by atoms with van der Waals surface area (Å²) in [5.74, 6) is -0.308. The summed E-state index contributed by atoms with van der Waals surface area (Å²) in [5.41, 5.74) is 1.08. The minimum absolute atomic E-state index is 0.146. The van der Waals surface area contributed by atoms with Crippen molar-refractivity contribution in [1.82, 2.24) is 9.80 Å². The predicted octanol–water partition coefficient (Wildman–Crippen LogP) is 2.11. The van der Waals surface area contributed by atoms with Crippen molar-refractivity contribution < 1.29 is 9.59 Å². The Balaban J connectivity index is 1.87. The van der Waals surface area contributed by atoms with Crippen LogP contribution in [0.5, 0.6) is 0 Å². The number of fused-ring (bicyclic) bond motifs is 1. The van der Waals surface area contributed by atoms with Crippen LogP contribution in [0.2, 0.25) is 0 Å². The molecule has 1 aromatic rings. The minimum Gasteiger partial charge on any atom is -0.283 e. The summed E-state index contributed by atoms with van der Waals surface area (Å²) in [6.45, 7) is 3.89. The van der Waals surface area contributed by atoms with Gasteiger partial charge in [-0.3, -0.25) is 19.4 Å². The molecule has 3 rings (SSSR count). The van der Waals surface area contributed by atoms with E-state index in [1.807, 2.05) is 6.92 Å². The standard InChI is InChI=1S/C15H18N2O2/c1-11(16-9-5-2-6-10-16)17-14(18)12-7-3-4-8-13(12)15(17)19/h3-4,7-8,11H,2,5-6,9-10H2,1H3. The number of rotatable bonds is 2. The van der Waals surface area contributed by atoms with Crippen molar-refractivity contribution >= 4 is 11.8 Å². The molecule has 4 nitrogen and oxygen atoms in total. The van der Waals surface area contributed by atoms with E-state index in [1.165, 1.54) is 11.3 Å². The van der Waals surface area contributed by atoms with Crippen LogP contribution in [-0.2, 0) is 0 Å². The maximum absolute atomic E-state index is 12.4. The molecule has 0 saturated carbocycles. The Morgan fingerprint density at radius 3 is 2.00 bits per heavy atom. The van der Waals surface area contributed by atoms with Crippen molar-refractivity contribution in [2.24, 2.45) is 0 Å². The molecule has 1 aromatic carbocycles. The van der Waals surface area contributed by atoms with Gasteiger partial charge in [-0.2, -0.15) is 0 Å². The van der Waals surface area contributed by atoms with Gasteiger partial charge >= 0.3 is 0 Å². The van der Waals surface area contributed by atoms with Crippen molar-refractivity contribution in [1.29, 1.82) is 0 Å². The Labute approximate surface area is 113 Å². The molecular weight excluding hydrogens is 240 g/mol. The zero-order chi connectivity index (χ0) is 13.4.